The highest BCUT2D eigenvalue weighted by atomic mass is 16.5. The number of hydrogen-bond donors (Lipinski definition) is 2. The monoisotopic (exact) mass is 339 g/mol. The van der Waals surface area contributed by atoms with Gasteiger partial charge in [0.25, 0.3) is 5.91 Å². The maximum atomic E-state index is 12.2. The number of hydrogen-bond acceptors (Lipinski definition) is 4. The van der Waals surface area contributed by atoms with Gasteiger partial charge in [0, 0.05) is 19.2 Å². The van der Waals surface area contributed by atoms with Crippen molar-refractivity contribution in [3.05, 3.63) is 53.9 Å². The zero-order valence-electron chi connectivity index (χ0n) is 14.3. The van der Waals surface area contributed by atoms with Crippen molar-refractivity contribution < 1.29 is 14.6 Å². The Kier molecular flexibility index (Phi) is 4.88. The summed E-state index contributed by atoms with van der Waals surface area (Å²) in [5, 5.41) is 12.7. The summed E-state index contributed by atoms with van der Waals surface area (Å²) >= 11 is 0. The summed E-state index contributed by atoms with van der Waals surface area (Å²) in [6.07, 6.45) is 0.768. The van der Waals surface area contributed by atoms with Crippen LogP contribution in [0.4, 0.5) is 0 Å². The number of benzene rings is 2. The summed E-state index contributed by atoms with van der Waals surface area (Å²) in [5.41, 5.74) is 2.32. The zero-order valence-corrected chi connectivity index (χ0v) is 14.3. The van der Waals surface area contributed by atoms with Gasteiger partial charge in [0.2, 0.25) is 0 Å². The molecule has 0 atom stereocenters. The molecule has 0 unspecified atom stereocenters. The highest BCUT2D eigenvalue weighted by Crippen LogP contribution is 2.23. The van der Waals surface area contributed by atoms with Crippen molar-refractivity contribution in [3.8, 4) is 11.5 Å². The van der Waals surface area contributed by atoms with Crippen LogP contribution in [0.2, 0.25) is 0 Å². The summed E-state index contributed by atoms with van der Waals surface area (Å²) in [4.78, 5) is 16.7. The Bertz CT molecular complexity index is 902. The van der Waals surface area contributed by atoms with Crippen molar-refractivity contribution in [3.63, 3.8) is 0 Å². The van der Waals surface area contributed by atoms with Crippen LogP contribution in [-0.4, -0.2) is 34.2 Å². The first kappa shape index (κ1) is 16.8. The number of para-hydroxylation sites is 2. The highest BCUT2D eigenvalue weighted by molar-refractivity contribution is 5.96. The molecule has 6 nitrogen and oxygen atoms in total. The summed E-state index contributed by atoms with van der Waals surface area (Å²) in [6.45, 7) is 3.26. The molecular weight excluding hydrogens is 318 g/mol. The van der Waals surface area contributed by atoms with Gasteiger partial charge in [-0.25, -0.2) is 4.98 Å². The van der Waals surface area contributed by atoms with Gasteiger partial charge in [-0.05, 0) is 37.6 Å². The molecule has 6 heteroatoms. The number of ether oxygens (including phenoxy) is 1. The fourth-order valence-electron chi connectivity index (χ4n) is 2.84. The molecular formula is C19H21N3O3. The number of rotatable bonds is 6. The number of aromatic hydroxyl groups is 1. The van der Waals surface area contributed by atoms with Crippen LogP contribution >= 0.6 is 0 Å². The molecule has 25 heavy (non-hydrogen) atoms. The predicted molar refractivity (Wildman–Crippen MR) is 96.1 cm³/mol. The Morgan fingerprint density at radius 1 is 1.28 bits per heavy atom. The fraction of sp³-hybridized carbons (Fsp3) is 0.263. The second kappa shape index (κ2) is 7.25. The third kappa shape index (κ3) is 3.57. The second-order valence-corrected chi connectivity index (χ2v) is 5.79. The lowest BCUT2D eigenvalue weighted by Gasteiger charge is -2.10. The van der Waals surface area contributed by atoms with Crippen molar-refractivity contribution in [1.82, 2.24) is 14.9 Å². The SMILES string of the molecule is COc1ccc(C(=O)NCCCn2c(C)nc3ccccc32)c(O)c1. The lowest BCUT2D eigenvalue weighted by Crippen LogP contribution is -2.25. The smallest absolute Gasteiger partial charge is 0.255 e. The van der Waals surface area contributed by atoms with Gasteiger partial charge in [-0.2, -0.15) is 0 Å². The molecule has 3 aromatic rings. The van der Waals surface area contributed by atoms with Crippen LogP contribution in [0.15, 0.2) is 42.5 Å². The number of phenolic OH excluding ortho intramolecular Hbond substituents is 1. The van der Waals surface area contributed by atoms with E-state index >= 15 is 0 Å². The molecule has 2 aromatic carbocycles. The average Bonchev–Trinajstić information content (AvgIpc) is 2.93. The number of aryl methyl sites for hydroxylation is 2. The maximum absolute atomic E-state index is 12.2. The molecule has 1 aromatic heterocycles. The van der Waals surface area contributed by atoms with E-state index in [1.54, 1.807) is 12.1 Å². The minimum absolute atomic E-state index is 0.0895. The quantitative estimate of drug-likeness (QED) is 0.677. The molecule has 0 radical (unpaired) electrons. The number of aromatic nitrogens is 2. The molecule has 0 saturated carbocycles. The van der Waals surface area contributed by atoms with E-state index in [0.29, 0.717) is 12.3 Å². The van der Waals surface area contributed by atoms with E-state index in [9.17, 15) is 9.90 Å². The average molecular weight is 339 g/mol. The largest absolute Gasteiger partial charge is 0.507 e. The van der Waals surface area contributed by atoms with E-state index in [4.69, 9.17) is 4.74 Å². The number of carbonyl (C=O) groups excluding carboxylic acids is 1. The Balaban J connectivity index is 1.58. The van der Waals surface area contributed by atoms with Gasteiger partial charge in [0.05, 0.1) is 23.7 Å². The van der Waals surface area contributed by atoms with E-state index in [2.05, 4.69) is 14.9 Å². The topological polar surface area (TPSA) is 76.4 Å². The number of nitrogens with zero attached hydrogens (tertiary/aromatic N) is 2. The van der Waals surface area contributed by atoms with Gasteiger partial charge in [0.1, 0.15) is 17.3 Å². The highest BCUT2D eigenvalue weighted by Gasteiger charge is 2.12. The third-order valence-corrected chi connectivity index (χ3v) is 4.14. The standard InChI is InChI=1S/C19H21N3O3/c1-13-21-16-6-3-4-7-17(16)22(13)11-5-10-20-19(24)15-9-8-14(25-2)12-18(15)23/h3-4,6-9,12,23H,5,10-11H2,1-2H3,(H,20,24). The van der Waals surface area contributed by atoms with Crippen LogP contribution in [-0.2, 0) is 6.54 Å². The van der Waals surface area contributed by atoms with Gasteiger partial charge >= 0.3 is 0 Å². The number of fused-ring (bicyclic) bond motifs is 1. The van der Waals surface area contributed by atoms with Crippen LogP contribution in [0.25, 0.3) is 11.0 Å². The number of imidazole rings is 1. The molecule has 0 fully saturated rings. The molecule has 2 N–H and O–H groups in total. The van der Waals surface area contributed by atoms with Crippen LogP contribution in [0.3, 0.4) is 0 Å². The van der Waals surface area contributed by atoms with E-state index in [1.165, 1.54) is 13.2 Å². The van der Waals surface area contributed by atoms with Gasteiger partial charge in [-0.15, -0.1) is 0 Å². The number of nitrogens with one attached hydrogen (secondary N) is 1. The lowest BCUT2D eigenvalue weighted by molar-refractivity contribution is 0.0950. The summed E-state index contributed by atoms with van der Waals surface area (Å²) < 4.78 is 7.16. The fourth-order valence-corrected chi connectivity index (χ4v) is 2.84. The Labute approximate surface area is 146 Å². The van der Waals surface area contributed by atoms with Crippen molar-refractivity contribution in [2.24, 2.45) is 0 Å². The Hall–Kier alpha value is -3.02. The van der Waals surface area contributed by atoms with Gasteiger partial charge in [-0.1, -0.05) is 12.1 Å². The molecule has 0 aliphatic carbocycles. The van der Waals surface area contributed by atoms with Gasteiger partial charge in [0.15, 0.2) is 0 Å². The van der Waals surface area contributed by atoms with E-state index in [1.807, 2.05) is 31.2 Å². The molecule has 0 aliphatic heterocycles. The van der Waals surface area contributed by atoms with Crippen LogP contribution in [0, 0.1) is 6.92 Å². The number of methoxy groups -OCH3 is 1. The van der Waals surface area contributed by atoms with Gasteiger partial charge < -0.3 is 19.7 Å². The van der Waals surface area contributed by atoms with Gasteiger partial charge in [-0.3, -0.25) is 4.79 Å². The molecule has 0 aliphatic rings. The summed E-state index contributed by atoms with van der Waals surface area (Å²) in [7, 11) is 1.51. The molecule has 3 rings (SSSR count). The van der Waals surface area contributed by atoms with E-state index < -0.39 is 0 Å². The Morgan fingerprint density at radius 2 is 2.08 bits per heavy atom. The number of amides is 1. The molecule has 1 heterocycles. The molecule has 130 valence electrons. The zero-order chi connectivity index (χ0) is 17.8. The second-order valence-electron chi connectivity index (χ2n) is 5.79. The van der Waals surface area contributed by atoms with E-state index in [-0.39, 0.29) is 17.2 Å². The summed E-state index contributed by atoms with van der Waals surface area (Å²) in [6, 6.07) is 12.6. The van der Waals surface area contributed by atoms with Crippen molar-refractivity contribution in [2.45, 2.75) is 19.9 Å². The minimum Gasteiger partial charge on any atom is -0.507 e. The lowest BCUT2D eigenvalue weighted by atomic mass is 10.1. The summed E-state index contributed by atoms with van der Waals surface area (Å²) in [5.74, 6) is 1.08. The first-order valence-corrected chi connectivity index (χ1v) is 8.17. The predicted octanol–water partition coefficient (Wildman–Crippen LogP) is 2.88. The van der Waals surface area contributed by atoms with Crippen LogP contribution < -0.4 is 10.1 Å². The Morgan fingerprint density at radius 3 is 2.84 bits per heavy atom. The molecule has 0 saturated heterocycles. The van der Waals surface area contributed by atoms with Crippen molar-refractivity contribution in [2.75, 3.05) is 13.7 Å². The van der Waals surface area contributed by atoms with Crippen molar-refractivity contribution in [1.29, 1.82) is 0 Å². The van der Waals surface area contributed by atoms with Crippen molar-refractivity contribution >= 4 is 16.9 Å². The molecule has 1 amide bonds. The first-order chi connectivity index (χ1) is 12.1. The normalized spacial score (nSPS) is 10.8. The maximum Gasteiger partial charge on any atom is 0.255 e. The molecule has 0 bridgehead atoms. The third-order valence-electron chi connectivity index (χ3n) is 4.14. The van der Waals surface area contributed by atoms with Crippen LogP contribution in [0.1, 0.15) is 22.6 Å². The van der Waals surface area contributed by atoms with E-state index in [0.717, 1.165) is 29.8 Å². The number of carbonyl (C=O) groups is 1. The van der Waals surface area contributed by atoms with Crippen LogP contribution in [0.5, 0.6) is 11.5 Å². The first-order valence-electron chi connectivity index (χ1n) is 8.17. The number of phenols is 1. The minimum atomic E-state index is -0.299. The molecule has 0 spiro atoms.